The number of ether oxygens (including phenoxy) is 1. The summed E-state index contributed by atoms with van der Waals surface area (Å²) in [5, 5.41) is 2.26. The van der Waals surface area contributed by atoms with E-state index in [1.165, 1.54) is 6.92 Å². The van der Waals surface area contributed by atoms with Crippen molar-refractivity contribution in [2.75, 3.05) is 6.54 Å². The summed E-state index contributed by atoms with van der Waals surface area (Å²) in [6.07, 6.45) is -0.323. The molecule has 5 heteroatoms. The molecule has 1 amide bonds. The number of carbonyl (C=O) groups excluding carboxylic acids is 3. The molecule has 0 aromatic carbocycles. The maximum atomic E-state index is 11.0. The van der Waals surface area contributed by atoms with Crippen LogP contribution < -0.4 is 5.32 Å². The van der Waals surface area contributed by atoms with Crippen LogP contribution in [-0.4, -0.2) is 30.8 Å². The van der Waals surface area contributed by atoms with Crippen molar-refractivity contribution in [3.63, 3.8) is 0 Å². The molecule has 0 aromatic rings. The smallest absolute Gasteiger partial charge is 0.333 e. The highest BCUT2D eigenvalue weighted by molar-refractivity contribution is 6.23. The molecule has 0 aliphatic heterocycles. The second-order valence-corrected chi connectivity index (χ2v) is 2.86. The maximum absolute atomic E-state index is 11.0. The Morgan fingerprint density at radius 2 is 2.14 bits per heavy atom. The van der Waals surface area contributed by atoms with Crippen LogP contribution in [0.3, 0.4) is 0 Å². The molecule has 0 fully saturated rings. The zero-order valence-electron chi connectivity index (χ0n) is 8.20. The molecule has 0 aliphatic rings. The van der Waals surface area contributed by atoms with Gasteiger partial charge in [-0.1, -0.05) is 6.58 Å². The molecule has 1 N–H and O–H groups in total. The third-order valence-electron chi connectivity index (χ3n) is 1.33. The Morgan fingerprint density at radius 3 is 2.57 bits per heavy atom. The Bertz CT molecular complexity index is 260. The number of carbonyl (C=O) groups is 3. The highest BCUT2D eigenvalue weighted by Gasteiger charge is 2.10. The fourth-order valence-corrected chi connectivity index (χ4v) is 0.611. The van der Waals surface area contributed by atoms with Crippen LogP contribution >= 0.6 is 0 Å². The molecular weight excluding hydrogens is 186 g/mol. The highest BCUT2D eigenvalue weighted by Crippen LogP contribution is 1.96. The number of amides is 1. The fourth-order valence-electron chi connectivity index (χ4n) is 0.611. The third-order valence-corrected chi connectivity index (χ3v) is 1.33. The van der Waals surface area contributed by atoms with Gasteiger partial charge in [-0.2, -0.15) is 0 Å². The summed E-state index contributed by atoms with van der Waals surface area (Å²) >= 11 is 0. The molecule has 78 valence electrons. The Balaban J connectivity index is 3.81. The summed E-state index contributed by atoms with van der Waals surface area (Å²) < 4.78 is 4.84. The van der Waals surface area contributed by atoms with Gasteiger partial charge in [0.25, 0.3) is 5.91 Å². The van der Waals surface area contributed by atoms with Gasteiger partial charge in [0.1, 0.15) is 6.10 Å². The van der Waals surface area contributed by atoms with Crippen LogP contribution in [0.4, 0.5) is 0 Å². The summed E-state index contributed by atoms with van der Waals surface area (Å²) in [4.78, 5) is 31.4. The van der Waals surface area contributed by atoms with Crippen LogP contribution in [0.25, 0.3) is 0 Å². The Labute approximate surface area is 82.1 Å². The Kier molecular flexibility index (Phi) is 5.21. The second kappa shape index (κ2) is 5.90. The van der Waals surface area contributed by atoms with E-state index in [9.17, 15) is 14.4 Å². The largest absolute Gasteiger partial charge is 0.457 e. The van der Waals surface area contributed by atoms with Gasteiger partial charge < -0.3 is 10.1 Å². The molecule has 1 unspecified atom stereocenters. The first-order valence-corrected chi connectivity index (χ1v) is 4.07. The minimum absolute atomic E-state index is 0.108. The quantitative estimate of drug-likeness (QED) is 0.288. The van der Waals surface area contributed by atoms with Crippen molar-refractivity contribution in [3.8, 4) is 0 Å². The first kappa shape index (κ1) is 12.3. The van der Waals surface area contributed by atoms with Crippen molar-refractivity contribution in [2.45, 2.75) is 20.0 Å². The Morgan fingerprint density at radius 1 is 1.57 bits per heavy atom. The predicted molar refractivity (Wildman–Crippen MR) is 49.4 cm³/mol. The summed E-state index contributed by atoms with van der Waals surface area (Å²) in [5.41, 5.74) is 0.290. The summed E-state index contributed by atoms with van der Waals surface area (Å²) in [7, 11) is 0. The molecule has 0 radical (unpaired) electrons. The predicted octanol–water partition coefficient (Wildman–Crippen LogP) is -0.191. The van der Waals surface area contributed by atoms with Crippen molar-refractivity contribution < 1.29 is 19.1 Å². The van der Waals surface area contributed by atoms with Gasteiger partial charge >= 0.3 is 5.97 Å². The minimum atomic E-state index is -0.733. The van der Waals surface area contributed by atoms with Crippen LogP contribution in [0.5, 0.6) is 0 Å². The molecule has 5 nitrogen and oxygen atoms in total. The van der Waals surface area contributed by atoms with E-state index >= 15 is 0 Å². The summed E-state index contributed by atoms with van der Waals surface area (Å²) in [6.45, 7) is 6.64. The van der Waals surface area contributed by atoms with Gasteiger partial charge in [0.15, 0.2) is 0 Å². The lowest BCUT2D eigenvalue weighted by Crippen LogP contribution is -2.33. The van der Waals surface area contributed by atoms with Crippen LogP contribution in [0, 0.1) is 0 Å². The average molecular weight is 199 g/mol. The van der Waals surface area contributed by atoms with E-state index in [1.807, 2.05) is 0 Å². The van der Waals surface area contributed by atoms with E-state index in [0.717, 1.165) is 0 Å². The van der Waals surface area contributed by atoms with Crippen LogP contribution in [-0.2, 0) is 19.1 Å². The van der Waals surface area contributed by atoms with Crippen LogP contribution in [0.1, 0.15) is 13.8 Å². The number of hydrogen-bond donors (Lipinski definition) is 1. The molecule has 0 bridgehead atoms. The lowest BCUT2D eigenvalue weighted by Gasteiger charge is -2.12. The molecule has 1 atom stereocenters. The van der Waals surface area contributed by atoms with E-state index in [1.54, 1.807) is 6.92 Å². The van der Waals surface area contributed by atoms with Gasteiger partial charge in [-0.05, 0) is 13.8 Å². The fraction of sp³-hybridized carbons (Fsp3) is 0.444. The molecule has 0 spiro atoms. The van der Waals surface area contributed by atoms with Gasteiger partial charge in [0.2, 0.25) is 6.29 Å². The first-order chi connectivity index (χ1) is 6.47. The molecule has 0 heterocycles. The van der Waals surface area contributed by atoms with Crippen LogP contribution in [0.2, 0.25) is 0 Å². The summed E-state index contributed by atoms with van der Waals surface area (Å²) in [5.74, 6) is -1.25. The molecule has 14 heavy (non-hydrogen) atoms. The van der Waals surface area contributed by atoms with Crippen molar-refractivity contribution in [2.24, 2.45) is 0 Å². The topological polar surface area (TPSA) is 72.5 Å². The number of rotatable bonds is 5. The number of hydrogen-bond acceptors (Lipinski definition) is 4. The number of nitrogens with one attached hydrogen (secondary N) is 1. The number of esters is 1. The van der Waals surface area contributed by atoms with E-state index in [4.69, 9.17) is 4.74 Å². The van der Waals surface area contributed by atoms with Crippen LogP contribution in [0.15, 0.2) is 12.2 Å². The third kappa shape index (κ3) is 5.08. The molecular formula is C9H13NO4. The summed E-state index contributed by atoms with van der Waals surface area (Å²) in [6, 6.07) is 0. The van der Waals surface area contributed by atoms with E-state index < -0.39 is 18.0 Å². The van der Waals surface area contributed by atoms with E-state index in [-0.39, 0.29) is 12.8 Å². The lowest BCUT2D eigenvalue weighted by atomic mass is 10.3. The zero-order chi connectivity index (χ0) is 11.1. The van der Waals surface area contributed by atoms with Crippen molar-refractivity contribution >= 4 is 18.2 Å². The standard InChI is InChI=1S/C9H13NO4/c1-6(2)9(13)14-7(3)4-10-8(12)5-11/h5,7H,1,4H2,2-3H3,(H,10,12). The molecule has 0 saturated heterocycles. The maximum Gasteiger partial charge on any atom is 0.333 e. The molecule has 0 aromatic heterocycles. The minimum Gasteiger partial charge on any atom is -0.457 e. The molecule has 0 rings (SSSR count). The van der Waals surface area contributed by atoms with Crippen molar-refractivity contribution in [3.05, 3.63) is 12.2 Å². The number of aldehydes is 1. The van der Waals surface area contributed by atoms with Gasteiger partial charge in [0.05, 0.1) is 6.54 Å². The van der Waals surface area contributed by atoms with E-state index in [2.05, 4.69) is 11.9 Å². The lowest BCUT2D eigenvalue weighted by molar-refractivity contribution is -0.143. The molecule has 0 aliphatic carbocycles. The normalized spacial score (nSPS) is 11.3. The highest BCUT2D eigenvalue weighted by atomic mass is 16.5. The Hall–Kier alpha value is -1.65. The monoisotopic (exact) mass is 199 g/mol. The molecule has 0 saturated carbocycles. The first-order valence-electron chi connectivity index (χ1n) is 4.07. The van der Waals surface area contributed by atoms with Gasteiger partial charge in [-0.3, -0.25) is 9.59 Å². The SMILES string of the molecule is C=C(C)C(=O)OC(C)CNC(=O)C=O. The second-order valence-electron chi connectivity index (χ2n) is 2.86. The van der Waals surface area contributed by atoms with Gasteiger partial charge in [-0.25, -0.2) is 4.79 Å². The van der Waals surface area contributed by atoms with E-state index in [0.29, 0.717) is 5.57 Å². The van der Waals surface area contributed by atoms with Crippen molar-refractivity contribution in [1.82, 2.24) is 5.32 Å². The van der Waals surface area contributed by atoms with Gasteiger partial charge in [-0.15, -0.1) is 0 Å². The van der Waals surface area contributed by atoms with Crippen molar-refractivity contribution in [1.29, 1.82) is 0 Å². The van der Waals surface area contributed by atoms with Gasteiger partial charge in [0, 0.05) is 5.57 Å². The zero-order valence-corrected chi connectivity index (χ0v) is 8.20. The average Bonchev–Trinajstić information content (AvgIpc) is 2.13.